The zero-order valence-electron chi connectivity index (χ0n) is 11.7. The van der Waals surface area contributed by atoms with Crippen molar-refractivity contribution in [2.75, 3.05) is 13.2 Å². The van der Waals surface area contributed by atoms with Crippen LogP contribution in [0.2, 0.25) is 0 Å². The maximum Gasteiger partial charge on any atom is 0.374 e. The van der Waals surface area contributed by atoms with Crippen LogP contribution in [0.25, 0.3) is 0 Å². The van der Waals surface area contributed by atoms with Crippen molar-refractivity contribution >= 4 is 27.8 Å². The Morgan fingerprint density at radius 3 is 2.86 bits per heavy atom. The van der Waals surface area contributed by atoms with E-state index in [1.807, 2.05) is 0 Å². The summed E-state index contributed by atoms with van der Waals surface area (Å²) in [6.45, 7) is 0.282. The lowest BCUT2D eigenvalue weighted by Gasteiger charge is -2.12. The number of hydrogen-bond donors (Lipinski definition) is 1. The molecule has 1 aromatic heterocycles. The van der Waals surface area contributed by atoms with Crippen LogP contribution in [-0.4, -0.2) is 25.0 Å². The van der Waals surface area contributed by atoms with Gasteiger partial charge in [-0.3, -0.25) is 4.79 Å². The summed E-state index contributed by atoms with van der Waals surface area (Å²) < 4.78 is 10.4. The van der Waals surface area contributed by atoms with E-state index in [2.05, 4.69) is 27.3 Å². The van der Waals surface area contributed by atoms with Crippen molar-refractivity contribution in [2.24, 2.45) is 0 Å². The van der Waals surface area contributed by atoms with Crippen molar-refractivity contribution in [3.63, 3.8) is 0 Å². The van der Waals surface area contributed by atoms with Gasteiger partial charge in [-0.2, -0.15) is 0 Å². The van der Waals surface area contributed by atoms with Gasteiger partial charge in [0, 0.05) is 6.54 Å². The SMILES string of the molecule is O=C(COC(=O)c1ccc(Br)o1)NCCC1=CCCCC1. The molecule has 1 aromatic rings. The number of carbonyl (C=O) groups is 2. The Bertz CT molecular complexity index is 536. The number of nitrogens with one attached hydrogen (secondary N) is 1. The van der Waals surface area contributed by atoms with Crippen LogP contribution >= 0.6 is 15.9 Å². The Balaban J connectivity index is 1.63. The van der Waals surface area contributed by atoms with Gasteiger partial charge in [-0.15, -0.1) is 0 Å². The number of halogens is 1. The van der Waals surface area contributed by atoms with Crippen LogP contribution in [0.5, 0.6) is 0 Å². The maximum atomic E-state index is 11.6. The van der Waals surface area contributed by atoms with Crippen LogP contribution in [0.1, 0.15) is 42.7 Å². The molecule has 1 amide bonds. The lowest BCUT2D eigenvalue weighted by Crippen LogP contribution is -2.29. The minimum Gasteiger partial charge on any atom is -0.450 e. The Labute approximate surface area is 131 Å². The lowest BCUT2D eigenvalue weighted by atomic mass is 9.97. The molecule has 0 radical (unpaired) electrons. The zero-order chi connectivity index (χ0) is 15.1. The summed E-state index contributed by atoms with van der Waals surface area (Å²) in [6.07, 6.45) is 7.87. The normalized spacial score (nSPS) is 14.4. The van der Waals surface area contributed by atoms with Gasteiger partial charge in [0.15, 0.2) is 11.3 Å². The van der Waals surface area contributed by atoms with Gasteiger partial charge < -0.3 is 14.5 Å². The molecule has 2 rings (SSSR count). The van der Waals surface area contributed by atoms with Crippen molar-refractivity contribution in [2.45, 2.75) is 32.1 Å². The molecule has 0 unspecified atom stereocenters. The largest absolute Gasteiger partial charge is 0.450 e. The number of hydrogen-bond acceptors (Lipinski definition) is 4. The summed E-state index contributed by atoms with van der Waals surface area (Å²) in [4.78, 5) is 23.1. The second kappa shape index (κ2) is 8.02. The standard InChI is InChI=1S/C15H18BrNO4/c16-13-7-6-12(21-13)15(19)20-10-14(18)17-9-8-11-4-2-1-3-5-11/h4,6-7H,1-3,5,8-10H2,(H,17,18). The first kappa shape index (κ1) is 15.8. The Morgan fingerprint density at radius 1 is 1.33 bits per heavy atom. The third-order valence-corrected chi connectivity index (χ3v) is 3.69. The first-order valence-corrected chi connectivity index (χ1v) is 7.81. The molecule has 21 heavy (non-hydrogen) atoms. The summed E-state index contributed by atoms with van der Waals surface area (Å²) in [7, 11) is 0. The molecular weight excluding hydrogens is 338 g/mol. The molecule has 0 spiro atoms. The van der Waals surface area contributed by atoms with Crippen LogP contribution < -0.4 is 5.32 Å². The van der Waals surface area contributed by atoms with Crippen LogP contribution in [-0.2, 0) is 9.53 Å². The number of amides is 1. The lowest BCUT2D eigenvalue weighted by molar-refractivity contribution is -0.124. The van der Waals surface area contributed by atoms with Crippen molar-refractivity contribution in [3.05, 3.63) is 34.2 Å². The summed E-state index contributed by atoms with van der Waals surface area (Å²) >= 11 is 3.09. The average molecular weight is 356 g/mol. The third-order valence-electron chi connectivity index (χ3n) is 3.26. The average Bonchev–Trinajstić information content (AvgIpc) is 2.92. The predicted octanol–water partition coefficient (Wildman–Crippen LogP) is 3.21. The number of rotatable bonds is 6. The fourth-order valence-corrected chi connectivity index (χ4v) is 2.48. The van der Waals surface area contributed by atoms with Gasteiger partial charge in [0.05, 0.1) is 0 Å². The van der Waals surface area contributed by atoms with E-state index >= 15 is 0 Å². The molecule has 0 saturated heterocycles. The highest BCUT2D eigenvalue weighted by molar-refractivity contribution is 9.10. The van der Waals surface area contributed by atoms with Gasteiger partial charge in [-0.1, -0.05) is 11.6 Å². The van der Waals surface area contributed by atoms with Gasteiger partial charge >= 0.3 is 5.97 Å². The molecule has 0 saturated carbocycles. The molecule has 0 bridgehead atoms. The second-order valence-electron chi connectivity index (χ2n) is 4.89. The van der Waals surface area contributed by atoms with Crippen molar-refractivity contribution in [1.29, 1.82) is 0 Å². The molecule has 6 heteroatoms. The van der Waals surface area contributed by atoms with E-state index in [9.17, 15) is 9.59 Å². The van der Waals surface area contributed by atoms with E-state index in [0.29, 0.717) is 11.2 Å². The summed E-state index contributed by atoms with van der Waals surface area (Å²) in [5.41, 5.74) is 1.40. The molecule has 5 nitrogen and oxygen atoms in total. The van der Waals surface area contributed by atoms with Crippen LogP contribution in [0, 0.1) is 0 Å². The third kappa shape index (κ3) is 5.38. The van der Waals surface area contributed by atoms with E-state index in [0.717, 1.165) is 19.3 Å². The van der Waals surface area contributed by atoms with Gasteiger partial charge in [0.1, 0.15) is 0 Å². The molecule has 1 aliphatic carbocycles. The molecule has 0 atom stereocenters. The number of ether oxygens (including phenoxy) is 1. The second-order valence-corrected chi connectivity index (χ2v) is 5.67. The molecule has 0 aromatic carbocycles. The Morgan fingerprint density at radius 2 is 2.19 bits per heavy atom. The number of allylic oxidation sites excluding steroid dienone is 1. The quantitative estimate of drug-likeness (QED) is 0.628. The minimum absolute atomic E-state index is 0.0713. The number of furan rings is 1. The topological polar surface area (TPSA) is 68.5 Å². The van der Waals surface area contributed by atoms with Gasteiger partial charge in [-0.05, 0) is 60.2 Å². The highest BCUT2D eigenvalue weighted by atomic mass is 79.9. The van der Waals surface area contributed by atoms with E-state index in [1.165, 1.54) is 24.5 Å². The molecule has 114 valence electrons. The number of esters is 1. The molecule has 1 aliphatic rings. The monoisotopic (exact) mass is 355 g/mol. The van der Waals surface area contributed by atoms with Crippen molar-refractivity contribution < 1.29 is 18.7 Å². The van der Waals surface area contributed by atoms with E-state index in [1.54, 1.807) is 6.07 Å². The van der Waals surface area contributed by atoms with Gasteiger partial charge in [0.2, 0.25) is 5.76 Å². The summed E-state index contributed by atoms with van der Waals surface area (Å²) in [5.74, 6) is -0.877. The highest BCUT2D eigenvalue weighted by Crippen LogP contribution is 2.19. The van der Waals surface area contributed by atoms with Gasteiger partial charge in [-0.25, -0.2) is 4.79 Å². The Kier molecular flexibility index (Phi) is 6.04. The van der Waals surface area contributed by atoms with Crippen LogP contribution in [0.4, 0.5) is 0 Å². The van der Waals surface area contributed by atoms with E-state index in [-0.39, 0.29) is 18.3 Å². The first-order chi connectivity index (χ1) is 10.1. The van der Waals surface area contributed by atoms with Crippen molar-refractivity contribution in [1.82, 2.24) is 5.32 Å². The van der Waals surface area contributed by atoms with Crippen molar-refractivity contribution in [3.8, 4) is 0 Å². The first-order valence-electron chi connectivity index (χ1n) is 7.02. The maximum absolute atomic E-state index is 11.6. The smallest absolute Gasteiger partial charge is 0.374 e. The Hall–Kier alpha value is -1.56. The van der Waals surface area contributed by atoms with E-state index < -0.39 is 5.97 Å². The zero-order valence-corrected chi connectivity index (χ0v) is 13.3. The fraction of sp³-hybridized carbons (Fsp3) is 0.467. The fourth-order valence-electron chi connectivity index (χ4n) is 2.17. The summed E-state index contributed by atoms with van der Waals surface area (Å²) in [5, 5.41) is 2.75. The van der Waals surface area contributed by atoms with Gasteiger partial charge in [0.25, 0.3) is 5.91 Å². The van der Waals surface area contributed by atoms with Crippen LogP contribution in [0.15, 0.2) is 32.9 Å². The molecule has 0 aliphatic heterocycles. The molecule has 0 fully saturated rings. The molecule has 1 heterocycles. The number of carbonyl (C=O) groups excluding carboxylic acids is 2. The summed E-state index contributed by atoms with van der Waals surface area (Å²) in [6, 6.07) is 3.08. The minimum atomic E-state index is -0.647. The molecule has 1 N–H and O–H groups in total. The predicted molar refractivity (Wildman–Crippen MR) is 80.9 cm³/mol. The van der Waals surface area contributed by atoms with E-state index in [4.69, 9.17) is 9.15 Å². The van der Waals surface area contributed by atoms with Crippen LogP contribution in [0.3, 0.4) is 0 Å². The molecular formula is C15H18BrNO4. The highest BCUT2D eigenvalue weighted by Gasteiger charge is 2.14.